The van der Waals surface area contributed by atoms with Gasteiger partial charge in [-0.3, -0.25) is 9.78 Å². The van der Waals surface area contributed by atoms with Crippen LogP contribution in [0.25, 0.3) is 11.0 Å². The third-order valence-electron chi connectivity index (χ3n) is 1.63. The molecule has 4 heteroatoms. The highest BCUT2D eigenvalue weighted by Gasteiger charge is 2.01. The third-order valence-corrected chi connectivity index (χ3v) is 2.45. The molecule has 0 unspecified atom stereocenters. The van der Waals surface area contributed by atoms with Crippen LogP contribution in [0, 0.1) is 3.57 Å². The number of aromatic nitrogens is 2. The van der Waals surface area contributed by atoms with Gasteiger partial charge in [-0.25, -0.2) is 0 Å². The van der Waals surface area contributed by atoms with Gasteiger partial charge in [-0.1, -0.05) is 0 Å². The number of carbonyl (C=O) groups excluding carboxylic acids is 1. The van der Waals surface area contributed by atoms with Crippen LogP contribution in [0.4, 0.5) is 0 Å². The Labute approximate surface area is 82.3 Å². The molecule has 1 N–H and O–H groups in total. The molecule has 0 fully saturated rings. The molecule has 3 nitrogen and oxygen atoms in total. The van der Waals surface area contributed by atoms with Crippen molar-refractivity contribution in [1.82, 2.24) is 9.97 Å². The van der Waals surface area contributed by atoms with E-state index in [-0.39, 0.29) is 0 Å². The molecule has 0 saturated heterocycles. The van der Waals surface area contributed by atoms with Gasteiger partial charge < -0.3 is 4.98 Å². The van der Waals surface area contributed by atoms with Crippen molar-refractivity contribution in [3.05, 3.63) is 27.6 Å². The first-order chi connectivity index (χ1) is 5.81. The lowest BCUT2D eigenvalue weighted by atomic mass is 10.3. The Kier molecular flexibility index (Phi) is 1.84. The Hall–Kier alpha value is -0.910. The lowest BCUT2D eigenvalue weighted by molar-refractivity contribution is 0.112. The topological polar surface area (TPSA) is 45.8 Å². The van der Waals surface area contributed by atoms with Crippen LogP contribution in [0.15, 0.2) is 18.5 Å². The average molecular weight is 272 g/mol. The first-order valence-electron chi connectivity index (χ1n) is 3.39. The lowest BCUT2D eigenvalue weighted by Gasteiger charge is -1.90. The minimum Gasteiger partial charge on any atom is -0.359 e. The highest BCUT2D eigenvalue weighted by molar-refractivity contribution is 14.1. The highest BCUT2D eigenvalue weighted by Crippen LogP contribution is 2.17. The molecule has 2 rings (SSSR count). The zero-order valence-corrected chi connectivity index (χ0v) is 8.20. The maximum Gasteiger partial charge on any atom is 0.151 e. The number of aldehydes is 1. The summed E-state index contributed by atoms with van der Waals surface area (Å²) in [7, 11) is 0. The largest absolute Gasteiger partial charge is 0.359 e. The Morgan fingerprint density at radius 3 is 3.17 bits per heavy atom. The second kappa shape index (κ2) is 2.85. The fourth-order valence-electron chi connectivity index (χ4n) is 1.06. The molecule has 12 heavy (non-hydrogen) atoms. The zero-order chi connectivity index (χ0) is 8.55. The molecule has 0 spiro atoms. The van der Waals surface area contributed by atoms with E-state index in [0.29, 0.717) is 5.56 Å². The lowest BCUT2D eigenvalue weighted by Crippen LogP contribution is -1.82. The van der Waals surface area contributed by atoms with Crippen molar-refractivity contribution >= 4 is 39.9 Å². The molecule has 0 amide bonds. The number of fused-ring (bicyclic) bond motifs is 1. The van der Waals surface area contributed by atoms with Crippen molar-refractivity contribution in [2.24, 2.45) is 0 Å². The van der Waals surface area contributed by atoms with Crippen LogP contribution in [-0.2, 0) is 0 Å². The molecule has 0 bridgehead atoms. The van der Waals surface area contributed by atoms with Crippen LogP contribution in [0.1, 0.15) is 10.4 Å². The Morgan fingerprint density at radius 1 is 1.58 bits per heavy atom. The SMILES string of the molecule is O=Cc1cnc2c(I)c[nH]c2c1. The number of hydrogen-bond donors (Lipinski definition) is 1. The van der Waals surface area contributed by atoms with Gasteiger partial charge in [-0.2, -0.15) is 0 Å². The van der Waals surface area contributed by atoms with Gasteiger partial charge in [-0.05, 0) is 28.7 Å². The van der Waals surface area contributed by atoms with E-state index in [1.54, 1.807) is 12.3 Å². The van der Waals surface area contributed by atoms with Gasteiger partial charge in [0, 0.05) is 18.0 Å². The minimum absolute atomic E-state index is 0.598. The zero-order valence-electron chi connectivity index (χ0n) is 6.04. The second-order valence-electron chi connectivity index (χ2n) is 2.42. The molecule has 2 aromatic heterocycles. The van der Waals surface area contributed by atoms with E-state index < -0.39 is 0 Å². The summed E-state index contributed by atoms with van der Waals surface area (Å²) in [4.78, 5) is 17.6. The molecule has 0 aliphatic heterocycles. The summed E-state index contributed by atoms with van der Waals surface area (Å²) < 4.78 is 1.07. The molecule has 2 heterocycles. The number of nitrogens with zero attached hydrogens (tertiary/aromatic N) is 1. The van der Waals surface area contributed by atoms with Crippen molar-refractivity contribution in [3.63, 3.8) is 0 Å². The number of rotatable bonds is 1. The minimum atomic E-state index is 0.598. The normalized spacial score (nSPS) is 10.4. The Morgan fingerprint density at radius 2 is 2.42 bits per heavy atom. The number of nitrogens with one attached hydrogen (secondary N) is 1. The summed E-state index contributed by atoms with van der Waals surface area (Å²) in [6, 6.07) is 1.79. The van der Waals surface area contributed by atoms with Gasteiger partial charge in [0.25, 0.3) is 0 Å². The van der Waals surface area contributed by atoms with Crippen LogP contribution in [-0.4, -0.2) is 16.3 Å². The van der Waals surface area contributed by atoms with Crippen LogP contribution in [0.3, 0.4) is 0 Å². The van der Waals surface area contributed by atoms with Gasteiger partial charge >= 0.3 is 0 Å². The number of hydrogen-bond acceptors (Lipinski definition) is 2. The second-order valence-corrected chi connectivity index (χ2v) is 3.58. The van der Waals surface area contributed by atoms with Crippen molar-refractivity contribution in [2.45, 2.75) is 0 Å². The van der Waals surface area contributed by atoms with Crippen LogP contribution < -0.4 is 0 Å². The molecule has 0 radical (unpaired) electrons. The van der Waals surface area contributed by atoms with E-state index in [4.69, 9.17) is 0 Å². The first kappa shape index (κ1) is 7.72. The monoisotopic (exact) mass is 272 g/mol. The van der Waals surface area contributed by atoms with Gasteiger partial charge in [0.2, 0.25) is 0 Å². The summed E-state index contributed by atoms with van der Waals surface area (Å²) in [5.74, 6) is 0. The van der Waals surface area contributed by atoms with Gasteiger partial charge in [-0.15, -0.1) is 0 Å². The number of H-pyrrole nitrogens is 1. The maximum absolute atomic E-state index is 10.4. The molecule has 0 saturated carbocycles. The predicted molar refractivity (Wildman–Crippen MR) is 54.2 cm³/mol. The highest BCUT2D eigenvalue weighted by atomic mass is 127. The average Bonchev–Trinajstić information content (AvgIpc) is 2.47. The summed E-state index contributed by atoms with van der Waals surface area (Å²) in [6.07, 6.45) is 4.23. The third kappa shape index (κ3) is 1.12. The van der Waals surface area contributed by atoms with Crippen LogP contribution in [0.5, 0.6) is 0 Å². The summed E-state index contributed by atoms with van der Waals surface area (Å²) in [5.41, 5.74) is 2.42. The molecule has 0 aromatic carbocycles. The summed E-state index contributed by atoms with van der Waals surface area (Å²) >= 11 is 2.20. The van der Waals surface area contributed by atoms with E-state index in [0.717, 1.165) is 20.9 Å². The van der Waals surface area contributed by atoms with Gasteiger partial charge in [0.1, 0.15) is 5.52 Å². The quantitative estimate of drug-likeness (QED) is 0.637. The summed E-state index contributed by atoms with van der Waals surface area (Å²) in [6.45, 7) is 0. The summed E-state index contributed by atoms with van der Waals surface area (Å²) in [5, 5.41) is 0. The van der Waals surface area contributed by atoms with E-state index >= 15 is 0 Å². The van der Waals surface area contributed by atoms with Crippen LogP contribution in [0.2, 0.25) is 0 Å². The molecular weight excluding hydrogens is 267 g/mol. The fraction of sp³-hybridized carbons (Fsp3) is 0. The number of pyridine rings is 1. The van der Waals surface area contributed by atoms with Crippen molar-refractivity contribution in [3.8, 4) is 0 Å². The number of aromatic amines is 1. The van der Waals surface area contributed by atoms with Gasteiger partial charge in [0.05, 0.1) is 9.09 Å². The van der Waals surface area contributed by atoms with Crippen molar-refractivity contribution in [1.29, 1.82) is 0 Å². The first-order valence-corrected chi connectivity index (χ1v) is 4.47. The van der Waals surface area contributed by atoms with E-state index in [9.17, 15) is 4.79 Å². The molecule has 2 aromatic rings. The predicted octanol–water partition coefficient (Wildman–Crippen LogP) is 1.98. The molecule has 0 aliphatic rings. The Bertz CT molecular complexity index is 436. The van der Waals surface area contributed by atoms with E-state index in [1.807, 2.05) is 6.20 Å². The van der Waals surface area contributed by atoms with Crippen molar-refractivity contribution < 1.29 is 4.79 Å². The standard InChI is InChI=1S/C8H5IN2O/c9-6-3-10-7-1-5(4-12)2-11-8(6)7/h1-4,10H. The maximum atomic E-state index is 10.4. The fourth-order valence-corrected chi connectivity index (χ4v) is 1.64. The Balaban J connectivity index is 2.77. The van der Waals surface area contributed by atoms with Crippen LogP contribution >= 0.6 is 22.6 Å². The van der Waals surface area contributed by atoms with Crippen molar-refractivity contribution in [2.75, 3.05) is 0 Å². The molecular formula is C8H5IN2O. The van der Waals surface area contributed by atoms with E-state index in [1.165, 1.54) is 0 Å². The van der Waals surface area contributed by atoms with Gasteiger partial charge in [0.15, 0.2) is 6.29 Å². The number of halogens is 1. The smallest absolute Gasteiger partial charge is 0.151 e. The molecule has 0 aliphatic carbocycles. The number of carbonyl (C=O) groups is 1. The van der Waals surface area contributed by atoms with E-state index in [2.05, 4.69) is 32.6 Å². The molecule has 0 atom stereocenters. The molecule has 60 valence electrons.